The monoisotopic (exact) mass is 279 g/mol. The van der Waals surface area contributed by atoms with Crippen LogP contribution in [0.15, 0.2) is 53.7 Å². The second-order valence-electron chi connectivity index (χ2n) is 5.01. The van der Waals surface area contributed by atoms with Gasteiger partial charge in [-0.05, 0) is 18.6 Å². The third-order valence-electron chi connectivity index (χ3n) is 3.69. The van der Waals surface area contributed by atoms with Gasteiger partial charge >= 0.3 is 0 Å². The van der Waals surface area contributed by atoms with Crippen LogP contribution in [0.25, 0.3) is 22.2 Å². The van der Waals surface area contributed by atoms with Gasteiger partial charge in [0.15, 0.2) is 0 Å². The minimum absolute atomic E-state index is 0.0162. The number of fused-ring (bicyclic) bond motifs is 1. The first kappa shape index (κ1) is 12.0. The Labute approximate surface area is 120 Å². The Kier molecular flexibility index (Phi) is 2.64. The Morgan fingerprint density at radius 2 is 2.38 bits per heavy atom. The molecule has 1 aliphatic rings. The van der Waals surface area contributed by atoms with Gasteiger partial charge in [-0.2, -0.15) is 0 Å². The van der Waals surface area contributed by atoms with E-state index in [0.29, 0.717) is 5.56 Å². The summed E-state index contributed by atoms with van der Waals surface area (Å²) in [7, 11) is 0. The maximum Gasteiger partial charge on any atom is 0.259 e. The molecule has 5 heteroatoms. The zero-order valence-electron chi connectivity index (χ0n) is 11.2. The largest absolute Gasteiger partial charge is 0.472 e. The highest BCUT2D eigenvalue weighted by molar-refractivity contribution is 6.01. The Balaban J connectivity index is 1.80. The van der Waals surface area contributed by atoms with E-state index in [4.69, 9.17) is 4.42 Å². The second-order valence-corrected chi connectivity index (χ2v) is 5.01. The molecule has 0 saturated heterocycles. The maximum absolute atomic E-state index is 12.4. The van der Waals surface area contributed by atoms with E-state index in [1.807, 2.05) is 30.6 Å². The molecule has 0 spiro atoms. The molecule has 0 atom stereocenters. The van der Waals surface area contributed by atoms with Gasteiger partial charge in [-0.3, -0.25) is 4.79 Å². The molecule has 104 valence electrons. The number of hydrogen-bond donors (Lipinski definition) is 1. The molecular weight excluding hydrogens is 266 g/mol. The van der Waals surface area contributed by atoms with E-state index >= 15 is 0 Å². The first-order valence-electron chi connectivity index (χ1n) is 6.80. The Morgan fingerprint density at radius 1 is 1.43 bits per heavy atom. The lowest BCUT2D eigenvalue weighted by Gasteiger charge is -2.12. The van der Waals surface area contributed by atoms with Crippen LogP contribution in [-0.2, 0) is 0 Å². The van der Waals surface area contributed by atoms with Crippen molar-refractivity contribution < 1.29 is 9.21 Å². The number of carbonyl (C=O) groups excluding carboxylic acids is 1. The standard InChI is InChI=1S/C16H13N3O2/c20-16(19-4-1-2-5-19)12-7-13-14(11-3-6-21-10-11)9-18-15(13)17-8-12/h1,3-4,6-10H,2,5H2,(H,17,18). The third kappa shape index (κ3) is 1.94. The number of nitrogens with one attached hydrogen (secondary N) is 1. The molecule has 5 nitrogen and oxygen atoms in total. The fourth-order valence-corrected chi connectivity index (χ4v) is 2.60. The van der Waals surface area contributed by atoms with Crippen LogP contribution >= 0.6 is 0 Å². The molecule has 0 bridgehead atoms. The van der Waals surface area contributed by atoms with Crippen molar-refractivity contribution in [3.05, 3.63) is 54.9 Å². The number of pyridine rings is 1. The second kappa shape index (κ2) is 4.63. The predicted octanol–water partition coefficient (Wildman–Crippen LogP) is 3.18. The van der Waals surface area contributed by atoms with Crippen LogP contribution in [0, 0.1) is 0 Å². The zero-order valence-corrected chi connectivity index (χ0v) is 11.2. The smallest absolute Gasteiger partial charge is 0.259 e. The highest BCUT2D eigenvalue weighted by Gasteiger charge is 2.18. The van der Waals surface area contributed by atoms with Gasteiger partial charge in [0.2, 0.25) is 0 Å². The predicted molar refractivity (Wildman–Crippen MR) is 78.6 cm³/mol. The maximum atomic E-state index is 12.4. The number of aromatic nitrogens is 2. The fraction of sp³-hybridized carbons (Fsp3) is 0.125. The van der Waals surface area contributed by atoms with Crippen LogP contribution in [0.2, 0.25) is 0 Å². The van der Waals surface area contributed by atoms with E-state index in [1.165, 1.54) is 0 Å². The molecular formula is C16H13N3O2. The minimum Gasteiger partial charge on any atom is -0.472 e. The summed E-state index contributed by atoms with van der Waals surface area (Å²) in [6.07, 6.45) is 11.6. The molecule has 3 aromatic heterocycles. The summed E-state index contributed by atoms with van der Waals surface area (Å²) in [6.45, 7) is 0.735. The number of furan rings is 1. The van der Waals surface area contributed by atoms with Gasteiger partial charge in [0.05, 0.1) is 18.1 Å². The topological polar surface area (TPSA) is 62.1 Å². The van der Waals surface area contributed by atoms with E-state index < -0.39 is 0 Å². The molecule has 0 aromatic carbocycles. The van der Waals surface area contributed by atoms with E-state index in [2.05, 4.69) is 9.97 Å². The zero-order chi connectivity index (χ0) is 14.2. The van der Waals surface area contributed by atoms with Crippen molar-refractivity contribution in [2.45, 2.75) is 6.42 Å². The van der Waals surface area contributed by atoms with Crippen molar-refractivity contribution in [3.8, 4) is 11.1 Å². The van der Waals surface area contributed by atoms with E-state index in [-0.39, 0.29) is 5.91 Å². The first-order valence-corrected chi connectivity index (χ1v) is 6.80. The number of aromatic amines is 1. The number of amides is 1. The summed E-state index contributed by atoms with van der Waals surface area (Å²) in [6, 6.07) is 3.77. The number of nitrogens with zero attached hydrogens (tertiary/aromatic N) is 2. The normalized spacial score (nSPS) is 14.2. The van der Waals surface area contributed by atoms with Crippen LogP contribution in [0.3, 0.4) is 0 Å². The molecule has 0 saturated carbocycles. The van der Waals surface area contributed by atoms with E-state index in [0.717, 1.165) is 35.1 Å². The van der Waals surface area contributed by atoms with Crippen molar-refractivity contribution in [1.82, 2.24) is 14.9 Å². The molecule has 4 heterocycles. The van der Waals surface area contributed by atoms with Crippen molar-refractivity contribution in [1.29, 1.82) is 0 Å². The van der Waals surface area contributed by atoms with Crippen LogP contribution in [0.5, 0.6) is 0 Å². The highest BCUT2D eigenvalue weighted by atomic mass is 16.3. The molecule has 1 aliphatic heterocycles. The summed E-state index contributed by atoms with van der Waals surface area (Å²) < 4.78 is 5.13. The molecule has 3 aromatic rings. The lowest BCUT2D eigenvalue weighted by Crippen LogP contribution is -2.23. The summed E-state index contributed by atoms with van der Waals surface area (Å²) in [5, 5.41) is 0.922. The molecule has 0 radical (unpaired) electrons. The van der Waals surface area contributed by atoms with Crippen molar-refractivity contribution in [2.24, 2.45) is 0 Å². The van der Waals surface area contributed by atoms with Gasteiger partial charge in [-0.25, -0.2) is 4.98 Å². The molecule has 0 fully saturated rings. The van der Waals surface area contributed by atoms with Gasteiger partial charge in [0, 0.05) is 41.7 Å². The van der Waals surface area contributed by atoms with Crippen molar-refractivity contribution >= 4 is 16.9 Å². The Bertz CT molecular complexity index is 830. The van der Waals surface area contributed by atoms with Crippen LogP contribution in [0.4, 0.5) is 0 Å². The van der Waals surface area contributed by atoms with Gasteiger partial charge in [-0.15, -0.1) is 0 Å². The minimum atomic E-state index is -0.0162. The molecule has 1 amide bonds. The molecule has 21 heavy (non-hydrogen) atoms. The highest BCUT2D eigenvalue weighted by Crippen LogP contribution is 2.28. The lowest BCUT2D eigenvalue weighted by molar-refractivity contribution is 0.0833. The van der Waals surface area contributed by atoms with E-state index in [1.54, 1.807) is 23.6 Å². The van der Waals surface area contributed by atoms with Crippen molar-refractivity contribution in [2.75, 3.05) is 6.54 Å². The van der Waals surface area contributed by atoms with Gasteiger partial charge in [-0.1, -0.05) is 6.08 Å². The van der Waals surface area contributed by atoms with E-state index in [9.17, 15) is 4.79 Å². The van der Waals surface area contributed by atoms with Crippen LogP contribution in [-0.4, -0.2) is 27.3 Å². The SMILES string of the molecule is O=C(c1cnc2[nH]cc(-c3ccoc3)c2c1)N1C=CCC1. The summed E-state index contributed by atoms with van der Waals surface area (Å²) in [4.78, 5) is 21.6. The van der Waals surface area contributed by atoms with Crippen molar-refractivity contribution in [3.63, 3.8) is 0 Å². The number of H-pyrrole nitrogens is 1. The summed E-state index contributed by atoms with van der Waals surface area (Å²) >= 11 is 0. The Morgan fingerprint density at radius 3 is 3.14 bits per heavy atom. The first-order chi connectivity index (χ1) is 10.3. The van der Waals surface area contributed by atoms with Gasteiger partial charge in [0.1, 0.15) is 5.65 Å². The Hall–Kier alpha value is -2.82. The lowest BCUT2D eigenvalue weighted by atomic mass is 10.1. The number of rotatable bonds is 2. The van der Waals surface area contributed by atoms with Crippen LogP contribution in [0.1, 0.15) is 16.8 Å². The fourth-order valence-electron chi connectivity index (χ4n) is 2.60. The molecule has 1 N–H and O–H groups in total. The van der Waals surface area contributed by atoms with Gasteiger partial charge < -0.3 is 14.3 Å². The summed E-state index contributed by atoms with van der Waals surface area (Å²) in [5.41, 5.74) is 3.31. The molecule has 0 unspecified atom stereocenters. The average molecular weight is 279 g/mol. The summed E-state index contributed by atoms with van der Waals surface area (Å²) in [5.74, 6) is -0.0162. The third-order valence-corrected chi connectivity index (χ3v) is 3.69. The number of carbonyl (C=O) groups is 1. The molecule has 0 aliphatic carbocycles. The van der Waals surface area contributed by atoms with Gasteiger partial charge in [0.25, 0.3) is 5.91 Å². The van der Waals surface area contributed by atoms with Crippen LogP contribution < -0.4 is 0 Å². The quantitative estimate of drug-likeness (QED) is 0.783. The average Bonchev–Trinajstić information content (AvgIpc) is 3.25. The number of hydrogen-bond acceptors (Lipinski definition) is 3. The molecule has 4 rings (SSSR count).